The minimum Gasteiger partial charge on any atom is -0.456 e. The summed E-state index contributed by atoms with van der Waals surface area (Å²) in [5.74, 6) is -4.25. The van der Waals surface area contributed by atoms with Gasteiger partial charge in [0.25, 0.3) is 0 Å². The van der Waals surface area contributed by atoms with E-state index in [-0.39, 0.29) is 12.6 Å². The maximum absolute atomic E-state index is 12.9. The zero-order valence-electron chi connectivity index (χ0n) is 10.2. The quantitative estimate of drug-likeness (QED) is 0.745. The van der Waals surface area contributed by atoms with E-state index in [2.05, 4.69) is 10.1 Å². The largest absolute Gasteiger partial charge is 0.456 e. The summed E-state index contributed by atoms with van der Waals surface area (Å²) in [4.78, 5) is 10.8. The monoisotopic (exact) mass is 263 g/mol. The highest BCUT2D eigenvalue weighted by molar-refractivity contribution is 5.79. The second kappa shape index (κ2) is 5.48. The van der Waals surface area contributed by atoms with Gasteiger partial charge in [-0.25, -0.2) is 4.79 Å². The molecule has 1 atom stereocenters. The van der Waals surface area contributed by atoms with Gasteiger partial charge in [0.05, 0.1) is 12.5 Å². The molecule has 1 unspecified atom stereocenters. The third-order valence-corrected chi connectivity index (χ3v) is 3.68. The number of carbonyl (C=O) groups excluding carboxylic acids is 1. The molecule has 2 aliphatic rings. The number of nitrogens with one attached hydrogen (secondary N) is 1. The predicted molar refractivity (Wildman–Crippen MR) is 60.3 cm³/mol. The van der Waals surface area contributed by atoms with Gasteiger partial charge in [0.15, 0.2) is 0 Å². The molecule has 0 aromatic heterocycles. The number of esters is 1. The maximum Gasteiger partial charge on any atom is 0.377 e. The van der Waals surface area contributed by atoms with E-state index in [1.807, 2.05) is 0 Å². The zero-order chi connectivity index (χ0) is 13.2. The van der Waals surface area contributed by atoms with E-state index < -0.39 is 24.4 Å². The van der Waals surface area contributed by atoms with Gasteiger partial charge in [0, 0.05) is 6.54 Å². The molecule has 104 valence electrons. The molecule has 0 aromatic rings. The lowest BCUT2D eigenvalue weighted by Gasteiger charge is -2.25. The summed E-state index contributed by atoms with van der Waals surface area (Å²) in [5, 5.41) is 12.4. The third-order valence-electron chi connectivity index (χ3n) is 3.68. The molecule has 1 aliphatic heterocycles. The van der Waals surface area contributed by atoms with Crippen molar-refractivity contribution in [1.29, 1.82) is 0 Å². The Bertz CT molecular complexity index is 304. The number of alkyl halides is 2. The number of hydrogen-bond acceptors (Lipinski definition) is 4. The second-order valence-corrected chi connectivity index (χ2v) is 5.27. The maximum atomic E-state index is 12.9. The van der Waals surface area contributed by atoms with Gasteiger partial charge in [0.1, 0.15) is 6.10 Å². The summed E-state index contributed by atoms with van der Waals surface area (Å²) in [7, 11) is 0. The topological polar surface area (TPSA) is 58.6 Å². The first-order valence-corrected chi connectivity index (χ1v) is 6.45. The SMILES string of the molecule is O=C1OC(CNCC2CCC(O)CC2)CC1(F)F. The van der Waals surface area contributed by atoms with Crippen LogP contribution < -0.4 is 5.32 Å². The minimum absolute atomic E-state index is 0.185. The van der Waals surface area contributed by atoms with Crippen molar-refractivity contribution in [3.8, 4) is 0 Å². The van der Waals surface area contributed by atoms with Gasteiger partial charge in [0.2, 0.25) is 0 Å². The van der Waals surface area contributed by atoms with Crippen molar-refractivity contribution in [1.82, 2.24) is 5.32 Å². The summed E-state index contributed by atoms with van der Waals surface area (Å²) >= 11 is 0. The van der Waals surface area contributed by atoms with Crippen LogP contribution in [0, 0.1) is 5.92 Å². The number of halogens is 2. The smallest absolute Gasteiger partial charge is 0.377 e. The number of ether oxygens (including phenoxy) is 1. The Kier molecular flexibility index (Phi) is 4.17. The van der Waals surface area contributed by atoms with Crippen molar-refractivity contribution in [3.63, 3.8) is 0 Å². The lowest BCUT2D eigenvalue weighted by atomic mass is 9.87. The van der Waals surface area contributed by atoms with Crippen LogP contribution in [0.25, 0.3) is 0 Å². The number of cyclic esters (lactones) is 1. The number of rotatable bonds is 4. The molecule has 4 nitrogen and oxygen atoms in total. The highest BCUT2D eigenvalue weighted by Gasteiger charge is 2.50. The third kappa shape index (κ3) is 3.38. The molecule has 1 saturated carbocycles. The van der Waals surface area contributed by atoms with Crippen molar-refractivity contribution in [2.24, 2.45) is 5.92 Å². The van der Waals surface area contributed by atoms with Crippen molar-refractivity contribution < 1.29 is 23.4 Å². The van der Waals surface area contributed by atoms with Gasteiger partial charge in [-0.3, -0.25) is 0 Å². The Morgan fingerprint density at radius 1 is 1.28 bits per heavy atom. The summed E-state index contributed by atoms with van der Waals surface area (Å²) in [6.07, 6.45) is 2.09. The molecule has 6 heteroatoms. The van der Waals surface area contributed by atoms with Crippen molar-refractivity contribution in [2.45, 2.75) is 50.2 Å². The Balaban J connectivity index is 1.63. The van der Waals surface area contributed by atoms with E-state index in [4.69, 9.17) is 0 Å². The number of hydrogen-bond donors (Lipinski definition) is 2. The van der Waals surface area contributed by atoms with Crippen molar-refractivity contribution >= 4 is 5.97 Å². The average molecular weight is 263 g/mol. The van der Waals surface area contributed by atoms with Crippen LogP contribution in [0.1, 0.15) is 32.1 Å². The van der Waals surface area contributed by atoms with Crippen LogP contribution in [0.4, 0.5) is 8.78 Å². The summed E-state index contributed by atoms with van der Waals surface area (Å²) < 4.78 is 30.4. The Labute approximate surface area is 105 Å². The first-order chi connectivity index (χ1) is 8.47. The molecular formula is C12H19F2NO3. The normalized spacial score (nSPS) is 35.5. The van der Waals surface area contributed by atoms with Gasteiger partial charge in [-0.2, -0.15) is 8.78 Å². The second-order valence-electron chi connectivity index (χ2n) is 5.27. The summed E-state index contributed by atoms with van der Waals surface area (Å²) in [6, 6.07) is 0. The first-order valence-electron chi connectivity index (χ1n) is 6.45. The molecule has 0 spiro atoms. The molecule has 1 aliphatic carbocycles. The fourth-order valence-corrected chi connectivity index (χ4v) is 2.56. The standard InChI is InChI=1S/C12H19F2NO3/c13-12(14)5-10(18-11(12)17)7-15-6-8-1-3-9(16)4-2-8/h8-10,15-16H,1-7H2. The average Bonchev–Trinajstić information content (AvgIpc) is 2.56. The first kappa shape index (κ1) is 13.7. The van der Waals surface area contributed by atoms with Gasteiger partial charge in [-0.1, -0.05) is 0 Å². The van der Waals surface area contributed by atoms with Gasteiger partial charge >= 0.3 is 11.9 Å². The fraction of sp³-hybridized carbons (Fsp3) is 0.917. The number of carbonyl (C=O) groups is 1. The molecule has 2 rings (SSSR count). The lowest BCUT2D eigenvalue weighted by Crippen LogP contribution is -2.33. The summed E-state index contributed by atoms with van der Waals surface area (Å²) in [6.45, 7) is 1.01. The lowest BCUT2D eigenvalue weighted by molar-refractivity contribution is -0.159. The Morgan fingerprint density at radius 3 is 2.50 bits per heavy atom. The van der Waals surface area contributed by atoms with E-state index in [9.17, 15) is 18.7 Å². The molecule has 0 bridgehead atoms. The highest BCUT2D eigenvalue weighted by Crippen LogP contribution is 2.30. The van der Waals surface area contributed by atoms with Crippen LogP contribution in [0.2, 0.25) is 0 Å². The van der Waals surface area contributed by atoms with Crippen molar-refractivity contribution in [3.05, 3.63) is 0 Å². The molecular weight excluding hydrogens is 244 g/mol. The molecule has 1 saturated heterocycles. The zero-order valence-corrected chi connectivity index (χ0v) is 10.2. The molecule has 2 fully saturated rings. The van der Waals surface area contributed by atoms with Gasteiger partial charge in [-0.15, -0.1) is 0 Å². The molecule has 0 amide bonds. The molecule has 0 aromatic carbocycles. The Hall–Kier alpha value is -0.750. The van der Waals surface area contributed by atoms with E-state index in [0.717, 1.165) is 32.2 Å². The van der Waals surface area contributed by atoms with Crippen LogP contribution >= 0.6 is 0 Å². The van der Waals surface area contributed by atoms with Crippen LogP contribution in [-0.4, -0.2) is 42.3 Å². The molecule has 2 N–H and O–H groups in total. The molecule has 1 heterocycles. The van der Waals surface area contributed by atoms with Crippen LogP contribution in [0.5, 0.6) is 0 Å². The fourth-order valence-electron chi connectivity index (χ4n) is 2.56. The van der Waals surface area contributed by atoms with Crippen molar-refractivity contribution in [2.75, 3.05) is 13.1 Å². The van der Waals surface area contributed by atoms with E-state index in [0.29, 0.717) is 5.92 Å². The molecule has 18 heavy (non-hydrogen) atoms. The van der Waals surface area contributed by atoms with Gasteiger partial charge in [-0.05, 0) is 38.1 Å². The minimum atomic E-state index is -3.32. The van der Waals surface area contributed by atoms with E-state index >= 15 is 0 Å². The van der Waals surface area contributed by atoms with E-state index in [1.54, 1.807) is 0 Å². The number of aliphatic hydroxyl groups excluding tert-OH is 1. The van der Waals surface area contributed by atoms with Gasteiger partial charge < -0.3 is 15.2 Å². The predicted octanol–water partition coefficient (Wildman–Crippen LogP) is 1.08. The molecule has 0 radical (unpaired) electrons. The Morgan fingerprint density at radius 2 is 1.94 bits per heavy atom. The van der Waals surface area contributed by atoms with E-state index in [1.165, 1.54) is 0 Å². The van der Waals surface area contributed by atoms with Crippen LogP contribution in [0.3, 0.4) is 0 Å². The summed E-state index contributed by atoms with van der Waals surface area (Å²) in [5.41, 5.74) is 0. The number of aliphatic hydroxyl groups is 1. The highest BCUT2D eigenvalue weighted by atomic mass is 19.3. The van der Waals surface area contributed by atoms with Crippen LogP contribution in [0.15, 0.2) is 0 Å². The van der Waals surface area contributed by atoms with Crippen LogP contribution in [-0.2, 0) is 9.53 Å².